The molecule has 3 aromatic heterocycles. The minimum atomic E-state index is 0.0403. The Morgan fingerprint density at radius 1 is 1.41 bits per heavy atom. The molecule has 4 aromatic rings. The highest BCUT2D eigenvalue weighted by molar-refractivity contribution is 7.19. The zero-order valence-corrected chi connectivity index (χ0v) is 19.9. The lowest BCUT2D eigenvalue weighted by Gasteiger charge is -2.22. The molecule has 2 unspecified atom stereocenters. The Labute approximate surface area is 197 Å². The van der Waals surface area contributed by atoms with E-state index in [9.17, 15) is 4.79 Å². The number of rotatable bonds is 6. The number of fused-ring (bicyclic) bond motifs is 4. The van der Waals surface area contributed by atoms with Crippen molar-refractivity contribution in [1.82, 2.24) is 19.2 Å². The zero-order chi connectivity index (χ0) is 21.8. The van der Waals surface area contributed by atoms with E-state index < -0.39 is 0 Å². The third kappa shape index (κ3) is 3.48. The van der Waals surface area contributed by atoms with Gasteiger partial charge in [0.1, 0.15) is 17.0 Å². The number of nitrogens with zero attached hydrogens (tertiary/aromatic N) is 3. The number of hydrogen-bond donors (Lipinski definition) is 2. The molecule has 4 heterocycles. The van der Waals surface area contributed by atoms with Crippen LogP contribution in [0.3, 0.4) is 0 Å². The number of anilines is 2. The van der Waals surface area contributed by atoms with Gasteiger partial charge in [0.25, 0.3) is 0 Å². The van der Waals surface area contributed by atoms with Crippen molar-refractivity contribution in [3.05, 3.63) is 33.9 Å². The van der Waals surface area contributed by atoms with E-state index in [1.165, 1.54) is 10.4 Å². The van der Waals surface area contributed by atoms with E-state index >= 15 is 0 Å². The van der Waals surface area contributed by atoms with Crippen molar-refractivity contribution < 1.29 is 9.53 Å². The molecule has 0 radical (unpaired) electrons. The summed E-state index contributed by atoms with van der Waals surface area (Å²) in [4.78, 5) is 26.2. The van der Waals surface area contributed by atoms with Gasteiger partial charge in [0.2, 0.25) is 5.91 Å². The maximum atomic E-state index is 13.0. The Kier molecular flexibility index (Phi) is 5.09. The summed E-state index contributed by atoms with van der Waals surface area (Å²) in [6.07, 6.45) is 4.07. The molecule has 6 rings (SSSR count). The van der Waals surface area contributed by atoms with Crippen molar-refractivity contribution in [3.8, 4) is 0 Å². The fourth-order valence-electron chi connectivity index (χ4n) is 4.50. The quantitative estimate of drug-likeness (QED) is 0.375. The number of halogens is 1. The van der Waals surface area contributed by atoms with E-state index in [0.29, 0.717) is 18.2 Å². The number of thiophene rings is 1. The molecule has 0 bridgehead atoms. The van der Waals surface area contributed by atoms with Crippen molar-refractivity contribution in [1.29, 1.82) is 0 Å². The first-order valence-corrected chi connectivity index (χ1v) is 12.8. The number of amides is 1. The minimum Gasteiger partial charge on any atom is -0.380 e. The van der Waals surface area contributed by atoms with Crippen LogP contribution in [0, 0.1) is 5.92 Å². The summed E-state index contributed by atoms with van der Waals surface area (Å²) in [5.74, 6) is 1.08. The van der Waals surface area contributed by atoms with Crippen LogP contribution in [-0.4, -0.2) is 50.9 Å². The summed E-state index contributed by atoms with van der Waals surface area (Å²) in [7, 11) is 0. The maximum Gasteiger partial charge on any atom is 0.226 e. The molecular formula is C22H22ClN5O2S2. The van der Waals surface area contributed by atoms with Crippen LogP contribution < -0.4 is 5.32 Å². The summed E-state index contributed by atoms with van der Waals surface area (Å²) in [5, 5.41) is 5.14. The predicted molar refractivity (Wildman–Crippen MR) is 129 cm³/mol. The molecule has 166 valence electrons. The number of benzene rings is 1. The molecule has 2 aliphatic rings. The second-order valence-corrected chi connectivity index (χ2v) is 10.6. The number of nitrogens with one attached hydrogen (secondary N) is 2. The lowest BCUT2D eigenvalue weighted by Crippen LogP contribution is -2.29. The van der Waals surface area contributed by atoms with Crippen LogP contribution in [0.2, 0.25) is 5.02 Å². The SMILES string of the molecule is CCOCC1CN1C(=O)C1CCc2c(sc3ncnc(Nc4cc5s[nH]c5cc4Cl)c23)C1. The number of hydrogen-bond acceptors (Lipinski definition) is 7. The second kappa shape index (κ2) is 7.98. The number of carbonyl (C=O) groups excluding carboxylic acids is 1. The Hall–Kier alpha value is -2.20. The third-order valence-corrected chi connectivity index (χ3v) is 8.65. The molecule has 10 heteroatoms. The Bertz CT molecular complexity index is 1330. The van der Waals surface area contributed by atoms with E-state index in [4.69, 9.17) is 16.3 Å². The molecule has 1 fully saturated rings. The van der Waals surface area contributed by atoms with Crippen molar-refractivity contribution in [2.24, 2.45) is 5.92 Å². The third-order valence-electron chi connectivity index (χ3n) is 6.30. The van der Waals surface area contributed by atoms with Crippen molar-refractivity contribution in [2.75, 3.05) is 25.1 Å². The monoisotopic (exact) mass is 487 g/mol. The number of aryl methyl sites for hydroxylation is 1. The van der Waals surface area contributed by atoms with Crippen LogP contribution in [0.5, 0.6) is 0 Å². The number of aromatic amines is 1. The van der Waals surface area contributed by atoms with Gasteiger partial charge in [-0.3, -0.25) is 4.79 Å². The van der Waals surface area contributed by atoms with Gasteiger partial charge in [-0.05, 0) is 43.9 Å². The summed E-state index contributed by atoms with van der Waals surface area (Å²) in [6.45, 7) is 4.14. The predicted octanol–water partition coefficient (Wildman–Crippen LogP) is 4.98. The molecule has 1 amide bonds. The Balaban J connectivity index is 1.26. The Morgan fingerprint density at radius 3 is 3.12 bits per heavy atom. The highest BCUT2D eigenvalue weighted by Gasteiger charge is 2.42. The van der Waals surface area contributed by atoms with Gasteiger partial charge in [0.05, 0.1) is 39.0 Å². The van der Waals surface area contributed by atoms with Crippen LogP contribution in [0.25, 0.3) is 20.4 Å². The number of carbonyl (C=O) groups is 1. The van der Waals surface area contributed by atoms with Crippen LogP contribution in [-0.2, 0) is 22.4 Å². The molecule has 1 aliphatic heterocycles. The van der Waals surface area contributed by atoms with E-state index in [1.807, 2.05) is 24.0 Å². The van der Waals surface area contributed by atoms with E-state index in [2.05, 4.69) is 19.7 Å². The number of ether oxygens (including phenoxy) is 1. The van der Waals surface area contributed by atoms with Crippen molar-refractivity contribution in [2.45, 2.75) is 32.2 Å². The highest BCUT2D eigenvalue weighted by atomic mass is 35.5. The van der Waals surface area contributed by atoms with Gasteiger partial charge >= 0.3 is 0 Å². The maximum absolute atomic E-state index is 13.0. The van der Waals surface area contributed by atoms with Gasteiger partial charge < -0.3 is 19.3 Å². The van der Waals surface area contributed by atoms with Gasteiger partial charge in [-0.2, -0.15) is 0 Å². The first-order chi connectivity index (χ1) is 15.6. The van der Waals surface area contributed by atoms with Gasteiger partial charge in [-0.15, -0.1) is 11.3 Å². The van der Waals surface area contributed by atoms with E-state index in [1.54, 1.807) is 29.2 Å². The number of aromatic nitrogens is 3. The first-order valence-electron chi connectivity index (χ1n) is 10.8. The Morgan fingerprint density at radius 2 is 2.31 bits per heavy atom. The smallest absolute Gasteiger partial charge is 0.226 e. The fourth-order valence-corrected chi connectivity index (χ4v) is 6.61. The molecular weight excluding hydrogens is 466 g/mol. The van der Waals surface area contributed by atoms with Crippen LogP contribution in [0.15, 0.2) is 18.5 Å². The largest absolute Gasteiger partial charge is 0.380 e. The molecule has 2 atom stereocenters. The van der Waals surface area contributed by atoms with Gasteiger partial charge in [-0.1, -0.05) is 23.1 Å². The lowest BCUT2D eigenvalue weighted by atomic mass is 9.87. The fraction of sp³-hybridized carbons (Fsp3) is 0.409. The molecule has 1 aromatic carbocycles. The highest BCUT2D eigenvalue weighted by Crippen LogP contribution is 2.42. The van der Waals surface area contributed by atoms with Gasteiger partial charge in [0.15, 0.2) is 0 Å². The zero-order valence-electron chi connectivity index (χ0n) is 17.5. The topological polar surface area (TPSA) is 82.9 Å². The van der Waals surface area contributed by atoms with E-state index in [-0.39, 0.29) is 17.9 Å². The first kappa shape index (κ1) is 20.4. The molecule has 32 heavy (non-hydrogen) atoms. The molecule has 0 spiro atoms. The average Bonchev–Trinajstić information content (AvgIpc) is 3.46. The second-order valence-electron chi connectivity index (χ2n) is 8.31. The van der Waals surface area contributed by atoms with Crippen molar-refractivity contribution in [3.63, 3.8) is 0 Å². The molecule has 2 N–H and O–H groups in total. The number of H-pyrrole nitrogens is 1. The van der Waals surface area contributed by atoms with Crippen LogP contribution in [0.1, 0.15) is 23.8 Å². The molecule has 0 saturated carbocycles. The summed E-state index contributed by atoms with van der Waals surface area (Å²) in [5.41, 5.74) is 3.16. The molecule has 7 nitrogen and oxygen atoms in total. The summed E-state index contributed by atoms with van der Waals surface area (Å²) >= 11 is 9.75. The minimum absolute atomic E-state index is 0.0403. The normalized spacial score (nSPS) is 20.1. The standard InChI is InChI=1S/C22H22ClN5O2S2/c1-2-30-9-12-8-28(12)22(29)11-3-4-13-17(5-11)31-21-19(13)20(24-10-25-21)26-15-7-18-16(27-32-18)6-14(15)23/h6-7,10-12,27H,2-5,8-9H2,1H3,(H,24,25,26). The molecule has 1 saturated heterocycles. The average molecular weight is 488 g/mol. The van der Waals surface area contributed by atoms with Crippen LogP contribution >= 0.6 is 34.5 Å². The van der Waals surface area contributed by atoms with Crippen LogP contribution in [0.4, 0.5) is 11.5 Å². The van der Waals surface area contributed by atoms with Gasteiger partial charge in [0, 0.05) is 23.9 Å². The summed E-state index contributed by atoms with van der Waals surface area (Å²) in [6, 6.07) is 4.23. The van der Waals surface area contributed by atoms with Crippen molar-refractivity contribution >= 4 is 72.3 Å². The molecule has 1 aliphatic carbocycles. The lowest BCUT2D eigenvalue weighted by molar-refractivity contribution is -0.131. The van der Waals surface area contributed by atoms with Gasteiger partial charge in [-0.25, -0.2) is 9.97 Å². The van der Waals surface area contributed by atoms with E-state index in [0.717, 1.165) is 57.7 Å². The summed E-state index contributed by atoms with van der Waals surface area (Å²) < 4.78 is 9.81.